The van der Waals surface area contributed by atoms with Gasteiger partial charge in [0.05, 0.1) is 11.3 Å². The van der Waals surface area contributed by atoms with E-state index in [2.05, 4.69) is 4.98 Å². The van der Waals surface area contributed by atoms with E-state index < -0.39 is 5.97 Å². The van der Waals surface area contributed by atoms with Crippen molar-refractivity contribution in [1.29, 1.82) is 0 Å². The Labute approximate surface area is 136 Å². The van der Waals surface area contributed by atoms with Crippen LogP contribution in [0.3, 0.4) is 0 Å². The molecule has 4 aromatic rings. The number of nitrogen functional groups attached to an aromatic ring is 1. The number of oxazole rings is 1. The lowest BCUT2D eigenvalue weighted by atomic mass is 10.1. The molecule has 0 radical (unpaired) electrons. The standard InChI is InChI=1S/C18H14N2O4/c1-8-5-9(2)14-13(6-8)23-16(15(14)19)17-20-11-4-3-10(18(21)22)7-12(11)24-17/h3-7H,19H2,1-2H3,(H,21,22). The summed E-state index contributed by atoms with van der Waals surface area (Å²) in [7, 11) is 0. The molecule has 120 valence electrons. The SMILES string of the molecule is Cc1cc(C)c2c(N)c(-c3nc4ccc(C(=O)O)cc4o3)oc2c1. The minimum atomic E-state index is -1.02. The number of carboxylic acid groups (broad SMARTS) is 1. The number of nitrogens with zero attached hydrogens (tertiary/aromatic N) is 1. The molecular formula is C18H14N2O4. The average Bonchev–Trinajstić information content (AvgIpc) is 3.07. The summed E-state index contributed by atoms with van der Waals surface area (Å²) in [5, 5.41) is 9.90. The number of rotatable bonds is 2. The Morgan fingerprint density at radius 3 is 2.67 bits per heavy atom. The van der Waals surface area contributed by atoms with Crippen LogP contribution >= 0.6 is 0 Å². The molecule has 0 bridgehead atoms. The van der Waals surface area contributed by atoms with Gasteiger partial charge in [-0.1, -0.05) is 6.07 Å². The first-order valence-corrected chi connectivity index (χ1v) is 7.37. The maximum absolute atomic E-state index is 11.1. The summed E-state index contributed by atoms with van der Waals surface area (Å²) in [6.07, 6.45) is 0. The number of carboxylic acids is 1. The van der Waals surface area contributed by atoms with Gasteiger partial charge in [-0.2, -0.15) is 0 Å². The first-order valence-electron chi connectivity index (χ1n) is 7.37. The molecule has 2 heterocycles. The number of carbonyl (C=O) groups is 1. The van der Waals surface area contributed by atoms with Crippen LogP contribution in [-0.4, -0.2) is 16.1 Å². The van der Waals surface area contributed by atoms with Gasteiger partial charge in [-0.3, -0.25) is 0 Å². The Kier molecular flexibility index (Phi) is 2.90. The number of aryl methyl sites for hydroxylation is 2. The van der Waals surface area contributed by atoms with Gasteiger partial charge in [0.2, 0.25) is 5.76 Å². The Morgan fingerprint density at radius 1 is 1.12 bits per heavy atom. The number of hydrogen-bond acceptors (Lipinski definition) is 5. The van der Waals surface area contributed by atoms with Gasteiger partial charge in [0.1, 0.15) is 11.1 Å². The fraction of sp³-hybridized carbons (Fsp3) is 0.111. The van der Waals surface area contributed by atoms with E-state index in [9.17, 15) is 4.79 Å². The molecule has 0 unspecified atom stereocenters. The molecule has 0 aliphatic rings. The Bertz CT molecular complexity index is 1120. The van der Waals surface area contributed by atoms with Gasteiger partial charge < -0.3 is 19.7 Å². The molecule has 2 aromatic carbocycles. The van der Waals surface area contributed by atoms with E-state index in [0.29, 0.717) is 28.1 Å². The zero-order valence-electron chi connectivity index (χ0n) is 13.1. The molecule has 0 atom stereocenters. The molecular weight excluding hydrogens is 308 g/mol. The highest BCUT2D eigenvalue weighted by molar-refractivity contribution is 5.99. The predicted molar refractivity (Wildman–Crippen MR) is 90.1 cm³/mol. The van der Waals surface area contributed by atoms with Gasteiger partial charge in [-0.25, -0.2) is 9.78 Å². The summed E-state index contributed by atoms with van der Waals surface area (Å²) in [6.45, 7) is 3.95. The van der Waals surface area contributed by atoms with E-state index in [0.717, 1.165) is 16.5 Å². The molecule has 0 saturated heterocycles. The number of aromatic nitrogens is 1. The van der Waals surface area contributed by atoms with Gasteiger partial charge >= 0.3 is 5.97 Å². The van der Waals surface area contributed by atoms with Crippen molar-refractivity contribution in [2.45, 2.75) is 13.8 Å². The van der Waals surface area contributed by atoms with Crippen LogP contribution in [0.1, 0.15) is 21.5 Å². The summed E-state index contributed by atoms with van der Waals surface area (Å²) >= 11 is 0. The second-order valence-electron chi connectivity index (χ2n) is 5.81. The van der Waals surface area contributed by atoms with Crippen LogP contribution in [0.25, 0.3) is 33.7 Å². The molecule has 6 heteroatoms. The van der Waals surface area contributed by atoms with Gasteiger partial charge in [-0.05, 0) is 49.2 Å². The molecule has 0 aliphatic heterocycles. The number of hydrogen-bond donors (Lipinski definition) is 2. The van der Waals surface area contributed by atoms with Crippen molar-refractivity contribution in [2.24, 2.45) is 0 Å². The van der Waals surface area contributed by atoms with E-state index in [4.69, 9.17) is 19.7 Å². The van der Waals surface area contributed by atoms with Crippen molar-refractivity contribution in [1.82, 2.24) is 4.98 Å². The summed E-state index contributed by atoms with van der Waals surface area (Å²) < 4.78 is 11.5. The topological polar surface area (TPSA) is 102 Å². The number of fused-ring (bicyclic) bond motifs is 2. The lowest BCUT2D eigenvalue weighted by molar-refractivity contribution is 0.0697. The van der Waals surface area contributed by atoms with Crippen molar-refractivity contribution in [2.75, 3.05) is 5.73 Å². The smallest absolute Gasteiger partial charge is 0.335 e. The first-order chi connectivity index (χ1) is 11.4. The molecule has 0 aliphatic carbocycles. The van der Waals surface area contributed by atoms with E-state index in [1.807, 2.05) is 26.0 Å². The zero-order chi connectivity index (χ0) is 17.0. The van der Waals surface area contributed by atoms with Crippen LogP contribution in [0.2, 0.25) is 0 Å². The zero-order valence-corrected chi connectivity index (χ0v) is 13.1. The van der Waals surface area contributed by atoms with E-state index in [-0.39, 0.29) is 11.5 Å². The second-order valence-corrected chi connectivity index (χ2v) is 5.81. The molecule has 2 aromatic heterocycles. The molecule has 0 fully saturated rings. The normalized spacial score (nSPS) is 11.4. The Balaban J connectivity index is 1.94. The number of aromatic carboxylic acids is 1. The first kappa shape index (κ1) is 14.3. The average molecular weight is 322 g/mol. The fourth-order valence-corrected chi connectivity index (χ4v) is 2.95. The molecule has 0 amide bonds. The molecule has 0 saturated carbocycles. The minimum Gasteiger partial charge on any atom is -0.478 e. The van der Waals surface area contributed by atoms with Gasteiger partial charge in [-0.15, -0.1) is 0 Å². The molecule has 0 spiro atoms. The number of benzene rings is 2. The lowest BCUT2D eigenvalue weighted by Crippen LogP contribution is -1.94. The maximum atomic E-state index is 11.1. The summed E-state index contributed by atoms with van der Waals surface area (Å²) in [5.74, 6) is -0.436. The van der Waals surface area contributed by atoms with Crippen molar-refractivity contribution in [3.63, 3.8) is 0 Å². The summed E-state index contributed by atoms with van der Waals surface area (Å²) in [6, 6.07) is 8.45. The highest BCUT2D eigenvalue weighted by Crippen LogP contribution is 2.38. The van der Waals surface area contributed by atoms with E-state index in [1.54, 1.807) is 6.07 Å². The Morgan fingerprint density at radius 2 is 1.92 bits per heavy atom. The van der Waals surface area contributed by atoms with Gasteiger partial charge in [0.15, 0.2) is 5.58 Å². The number of anilines is 1. The highest BCUT2D eigenvalue weighted by Gasteiger charge is 2.20. The van der Waals surface area contributed by atoms with Crippen LogP contribution in [0.5, 0.6) is 0 Å². The summed E-state index contributed by atoms with van der Waals surface area (Å²) in [5.41, 5.74) is 10.5. The van der Waals surface area contributed by atoms with Crippen molar-refractivity contribution >= 4 is 33.7 Å². The van der Waals surface area contributed by atoms with Crippen LogP contribution < -0.4 is 5.73 Å². The van der Waals surface area contributed by atoms with E-state index >= 15 is 0 Å². The quantitative estimate of drug-likeness (QED) is 0.575. The molecule has 6 nitrogen and oxygen atoms in total. The molecule has 4 rings (SSSR count). The third kappa shape index (κ3) is 2.04. The second kappa shape index (κ2) is 4.86. The van der Waals surface area contributed by atoms with Crippen LogP contribution in [0, 0.1) is 13.8 Å². The number of furan rings is 1. The van der Waals surface area contributed by atoms with Gasteiger partial charge in [0.25, 0.3) is 5.89 Å². The summed E-state index contributed by atoms with van der Waals surface area (Å²) in [4.78, 5) is 15.4. The van der Waals surface area contributed by atoms with Crippen LogP contribution in [0.15, 0.2) is 39.2 Å². The third-order valence-electron chi connectivity index (χ3n) is 4.00. The monoisotopic (exact) mass is 322 g/mol. The largest absolute Gasteiger partial charge is 0.478 e. The van der Waals surface area contributed by atoms with Gasteiger partial charge in [0, 0.05) is 5.39 Å². The molecule has 24 heavy (non-hydrogen) atoms. The minimum absolute atomic E-state index is 0.134. The van der Waals surface area contributed by atoms with Crippen LogP contribution in [-0.2, 0) is 0 Å². The Hall–Kier alpha value is -3.28. The highest BCUT2D eigenvalue weighted by atomic mass is 16.4. The van der Waals surface area contributed by atoms with Crippen molar-refractivity contribution < 1.29 is 18.7 Å². The maximum Gasteiger partial charge on any atom is 0.335 e. The van der Waals surface area contributed by atoms with Crippen molar-refractivity contribution in [3.8, 4) is 11.7 Å². The van der Waals surface area contributed by atoms with E-state index in [1.165, 1.54) is 12.1 Å². The fourth-order valence-electron chi connectivity index (χ4n) is 2.95. The predicted octanol–water partition coefficient (Wildman–Crippen LogP) is 4.14. The van der Waals surface area contributed by atoms with Crippen LogP contribution in [0.4, 0.5) is 5.69 Å². The lowest BCUT2D eigenvalue weighted by Gasteiger charge is -1.98. The number of nitrogens with two attached hydrogens (primary N) is 1. The third-order valence-corrected chi connectivity index (χ3v) is 4.00. The van der Waals surface area contributed by atoms with Crippen molar-refractivity contribution in [3.05, 3.63) is 47.0 Å². The molecule has 3 N–H and O–H groups in total.